The van der Waals surface area contributed by atoms with Crippen LogP contribution in [0.1, 0.15) is 12.1 Å². The summed E-state index contributed by atoms with van der Waals surface area (Å²) in [5.74, 6) is 0.938. The number of anilines is 1. The number of aromatic nitrogens is 1. The second kappa shape index (κ2) is 2.75. The summed E-state index contributed by atoms with van der Waals surface area (Å²) in [5, 5.41) is 3.27. The van der Waals surface area contributed by atoms with Gasteiger partial charge in [-0.2, -0.15) is 0 Å². The molecule has 64 valence electrons. The molecular weight excluding hydrogens is 150 g/mol. The summed E-state index contributed by atoms with van der Waals surface area (Å²) in [7, 11) is 0. The van der Waals surface area contributed by atoms with Gasteiger partial charge in [0.2, 0.25) is 0 Å². The lowest BCUT2D eigenvalue weighted by molar-refractivity contribution is 0.992. The number of pyridine rings is 1. The summed E-state index contributed by atoms with van der Waals surface area (Å²) in [6, 6.07) is 6.72. The molecule has 2 atom stereocenters. The van der Waals surface area contributed by atoms with E-state index in [0.29, 0.717) is 12.1 Å². The second-order valence-electron chi connectivity index (χ2n) is 3.31. The van der Waals surface area contributed by atoms with E-state index in [-0.39, 0.29) is 0 Å². The predicted octanol–water partition coefficient (Wildman–Crippen LogP) is 0.902. The smallest absolute Gasteiger partial charge is 0.126 e. The lowest BCUT2D eigenvalue weighted by Gasteiger charge is -2.03. The Kier molecular flexibility index (Phi) is 1.73. The number of aryl methyl sites for hydroxylation is 1. The van der Waals surface area contributed by atoms with Crippen molar-refractivity contribution in [3.05, 3.63) is 23.9 Å². The van der Waals surface area contributed by atoms with Crippen molar-refractivity contribution < 1.29 is 0 Å². The molecule has 12 heavy (non-hydrogen) atoms. The summed E-state index contributed by atoms with van der Waals surface area (Å²) in [5.41, 5.74) is 6.70. The fourth-order valence-corrected chi connectivity index (χ4v) is 1.19. The van der Waals surface area contributed by atoms with Crippen molar-refractivity contribution in [1.29, 1.82) is 0 Å². The molecule has 3 heteroatoms. The van der Waals surface area contributed by atoms with Gasteiger partial charge in [0.25, 0.3) is 0 Å². The van der Waals surface area contributed by atoms with E-state index in [1.807, 2.05) is 25.1 Å². The highest BCUT2D eigenvalue weighted by atomic mass is 15.1. The molecule has 0 radical (unpaired) electrons. The van der Waals surface area contributed by atoms with Gasteiger partial charge in [0.15, 0.2) is 0 Å². The molecule has 1 heterocycles. The van der Waals surface area contributed by atoms with Crippen LogP contribution in [0.2, 0.25) is 0 Å². The van der Waals surface area contributed by atoms with Gasteiger partial charge in [0.1, 0.15) is 5.82 Å². The van der Waals surface area contributed by atoms with Crippen LogP contribution in [0, 0.1) is 6.92 Å². The Bertz CT molecular complexity index is 285. The Morgan fingerprint density at radius 3 is 2.92 bits per heavy atom. The van der Waals surface area contributed by atoms with Crippen molar-refractivity contribution in [3.8, 4) is 0 Å². The maximum Gasteiger partial charge on any atom is 0.126 e. The first-order chi connectivity index (χ1) is 5.75. The monoisotopic (exact) mass is 163 g/mol. The fraction of sp³-hybridized carbons (Fsp3) is 0.444. The number of nitrogens with two attached hydrogens (primary N) is 1. The van der Waals surface area contributed by atoms with Crippen LogP contribution in [-0.2, 0) is 0 Å². The van der Waals surface area contributed by atoms with Crippen LogP contribution in [0.4, 0.5) is 5.82 Å². The first kappa shape index (κ1) is 7.55. The molecule has 1 aliphatic rings. The van der Waals surface area contributed by atoms with Crippen LogP contribution in [-0.4, -0.2) is 17.1 Å². The van der Waals surface area contributed by atoms with Crippen LogP contribution in [0.5, 0.6) is 0 Å². The third-order valence-electron chi connectivity index (χ3n) is 2.06. The third-order valence-corrected chi connectivity index (χ3v) is 2.06. The number of rotatable bonds is 2. The molecule has 0 saturated heterocycles. The zero-order valence-corrected chi connectivity index (χ0v) is 7.12. The molecule has 0 amide bonds. The summed E-state index contributed by atoms with van der Waals surface area (Å²) < 4.78 is 0. The SMILES string of the molecule is Cc1cccc(NC2CC2N)n1. The van der Waals surface area contributed by atoms with E-state index in [1.165, 1.54) is 0 Å². The van der Waals surface area contributed by atoms with Gasteiger partial charge in [-0.15, -0.1) is 0 Å². The van der Waals surface area contributed by atoms with E-state index >= 15 is 0 Å². The molecular formula is C9H13N3. The molecule has 3 N–H and O–H groups in total. The molecule has 0 spiro atoms. The van der Waals surface area contributed by atoms with Crippen LogP contribution < -0.4 is 11.1 Å². The lowest BCUT2D eigenvalue weighted by Crippen LogP contribution is -2.13. The molecule has 0 bridgehead atoms. The van der Waals surface area contributed by atoms with Crippen LogP contribution in [0.3, 0.4) is 0 Å². The van der Waals surface area contributed by atoms with Gasteiger partial charge in [0.05, 0.1) is 0 Å². The Hall–Kier alpha value is -1.09. The molecule has 1 aromatic rings. The van der Waals surface area contributed by atoms with Gasteiger partial charge < -0.3 is 11.1 Å². The molecule has 2 rings (SSSR count). The third kappa shape index (κ3) is 1.56. The minimum Gasteiger partial charge on any atom is -0.366 e. The van der Waals surface area contributed by atoms with E-state index in [2.05, 4.69) is 10.3 Å². The van der Waals surface area contributed by atoms with Crippen LogP contribution in [0.25, 0.3) is 0 Å². The predicted molar refractivity (Wildman–Crippen MR) is 49.0 cm³/mol. The van der Waals surface area contributed by atoms with Gasteiger partial charge in [-0.25, -0.2) is 4.98 Å². The normalized spacial score (nSPS) is 26.8. The first-order valence-corrected chi connectivity index (χ1v) is 4.21. The van der Waals surface area contributed by atoms with E-state index in [4.69, 9.17) is 5.73 Å². The molecule has 1 fully saturated rings. The van der Waals surface area contributed by atoms with Gasteiger partial charge >= 0.3 is 0 Å². The molecule has 1 aliphatic carbocycles. The number of hydrogen-bond acceptors (Lipinski definition) is 3. The van der Waals surface area contributed by atoms with Crippen molar-refractivity contribution in [2.75, 3.05) is 5.32 Å². The summed E-state index contributed by atoms with van der Waals surface area (Å²) in [6.45, 7) is 1.98. The second-order valence-corrected chi connectivity index (χ2v) is 3.31. The molecule has 0 aromatic carbocycles. The topological polar surface area (TPSA) is 50.9 Å². The highest BCUT2D eigenvalue weighted by Crippen LogP contribution is 2.22. The number of hydrogen-bond donors (Lipinski definition) is 2. The van der Waals surface area contributed by atoms with Crippen molar-refractivity contribution >= 4 is 5.82 Å². The Balaban J connectivity index is 2.03. The van der Waals surface area contributed by atoms with Crippen molar-refractivity contribution in [2.45, 2.75) is 25.4 Å². The summed E-state index contributed by atoms with van der Waals surface area (Å²) in [6.07, 6.45) is 1.07. The molecule has 2 unspecified atom stereocenters. The number of nitrogens with zero attached hydrogens (tertiary/aromatic N) is 1. The Labute approximate surface area is 72.0 Å². The zero-order valence-electron chi connectivity index (χ0n) is 7.12. The van der Waals surface area contributed by atoms with E-state index in [9.17, 15) is 0 Å². The van der Waals surface area contributed by atoms with E-state index in [1.54, 1.807) is 0 Å². The van der Waals surface area contributed by atoms with Crippen molar-refractivity contribution in [3.63, 3.8) is 0 Å². The van der Waals surface area contributed by atoms with E-state index < -0.39 is 0 Å². The molecule has 1 saturated carbocycles. The van der Waals surface area contributed by atoms with Gasteiger partial charge in [-0.05, 0) is 25.5 Å². The minimum absolute atomic E-state index is 0.326. The molecule has 1 aromatic heterocycles. The Morgan fingerprint density at radius 2 is 2.33 bits per heavy atom. The zero-order chi connectivity index (χ0) is 8.55. The van der Waals surface area contributed by atoms with E-state index in [0.717, 1.165) is 17.9 Å². The highest BCUT2D eigenvalue weighted by molar-refractivity contribution is 5.38. The summed E-state index contributed by atoms with van der Waals surface area (Å²) in [4.78, 5) is 4.32. The largest absolute Gasteiger partial charge is 0.366 e. The standard InChI is InChI=1S/C9H13N3/c1-6-3-2-4-9(11-6)12-8-5-7(8)10/h2-4,7-8H,5,10H2,1H3,(H,11,12). The van der Waals surface area contributed by atoms with Crippen molar-refractivity contribution in [2.24, 2.45) is 5.73 Å². The van der Waals surface area contributed by atoms with Gasteiger partial charge in [-0.1, -0.05) is 6.07 Å². The quantitative estimate of drug-likeness (QED) is 0.681. The maximum atomic E-state index is 5.66. The summed E-state index contributed by atoms with van der Waals surface area (Å²) >= 11 is 0. The Morgan fingerprint density at radius 1 is 1.58 bits per heavy atom. The maximum absolute atomic E-state index is 5.66. The molecule has 3 nitrogen and oxygen atoms in total. The van der Waals surface area contributed by atoms with Crippen molar-refractivity contribution in [1.82, 2.24) is 4.98 Å². The first-order valence-electron chi connectivity index (χ1n) is 4.21. The van der Waals surface area contributed by atoms with Gasteiger partial charge in [0, 0.05) is 17.8 Å². The van der Waals surface area contributed by atoms with Crippen LogP contribution >= 0.6 is 0 Å². The average Bonchev–Trinajstić information content (AvgIpc) is 2.66. The minimum atomic E-state index is 0.326. The average molecular weight is 163 g/mol. The van der Waals surface area contributed by atoms with Gasteiger partial charge in [-0.3, -0.25) is 0 Å². The number of nitrogens with one attached hydrogen (secondary N) is 1. The lowest BCUT2D eigenvalue weighted by atomic mass is 10.4. The fourth-order valence-electron chi connectivity index (χ4n) is 1.19. The highest BCUT2D eigenvalue weighted by Gasteiger charge is 2.33. The molecule has 0 aliphatic heterocycles. The van der Waals surface area contributed by atoms with Crippen LogP contribution in [0.15, 0.2) is 18.2 Å².